The highest BCUT2D eigenvalue weighted by Crippen LogP contribution is 2.32. The molecule has 0 amide bonds. The van der Waals surface area contributed by atoms with Gasteiger partial charge in [0, 0.05) is 43.5 Å². The number of nitrogens with zero attached hydrogens (tertiary/aromatic N) is 3. The number of fused-ring (bicyclic) bond motifs is 2. The molecule has 132 valence electrons. The lowest BCUT2D eigenvalue weighted by Crippen LogP contribution is -2.35. The molecule has 25 heavy (non-hydrogen) atoms. The van der Waals surface area contributed by atoms with Crippen molar-refractivity contribution in [1.82, 2.24) is 9.88 Å². The van der Waals surface area contributed by atoms with Crippen molar-refractivity contribution in [2.24, 2.45) is 5.92 Å². The number of hydrogen-bond donors (Lipinski definition) is 0. The Morgan fingerprint density at radius 1 is 1.12 bits per heavy atom. The fourth-order valence-electron chi connectivity index (χ4n) is 4.14. The predicted molar refractivity (Wildman–Crippen MR) is 102 cm³/mol. The second kappa shape index (κ2) is 7.44. The molecule has 2 saturated heterocycles. The summed E-state index contributed by atoms with van der Waals surface area (Å²) in [7, 11) is 0. The Morgan fingerprint density at radius 2 is 2.04 bits per heavy atom. The number of rotatable bonds is 4. The van der Waals surface area contributed by atoms with Gasteiger partial charge in [0.05, 0.1) is 18.5 Å². The molecular formula is C21H27N3O. The van der Waals surface area contributed by atoms with Crippen molar-refractivity contribution >= 4 is 5.69 Å². The molecule has 2 unspecified atom stereocenters. The maximum absolute atomic E-state index is 5.81. The molecule has 0 radical (unpaired) electrons. The Morgan fingerprint density at radius 3 is 2.96 bits per heavy atom. The summed E-state index contributed by atoms with van der Waals surface area (Å²) in [4.78, 5) is 9.69. The quantitative estimate of drug-likeness (QED) is 0.851. The van der Waals surface area contributed by atoms with Crippen molar-refractivity contribution in [1.29, 1.82) is 0 Å². The standard InChI is InChI=1S/C21H27N3O/c1-2-25-21-8-4-3-7-20(21)18-12-19(14-22-13-18)24-11-10-23-9-5-6-17(15-23)16-24/h3-4,7-8,12-14,17H,2,5-6,9-11,15-16H2,1H3. The summed E-state index contributed by atoms with van der Waals surface area (Å²) in [6.45, 7) is 8.63. The van der Waals surface area contributed by atoms with Crippen LogP contribution in [-0.2, 0) is 0 Å². The van der Waals surface area contributed by atoms with Gasteiger partial charge in [0.15, 0.2) is 0 Å². The van der Waals surface area contributed by atoms with E-state index in [1.165, 1.54) is 31.6 Å². The van der Waals surface area contributed by atoms with Crippen LogP contribution in [0.2, 0.25) is 0 Å². The van der Waals surface area contributed by atoms with Gasteiger partial charge in [-0.3, -0.25) is 4.98 Å². The van der Waals surface area contributed by atoms with E-state index in [1.54, 1.807) is 0 Å². The van der Waals surface area contributed by atoms with Gasteiger partial charge in [-0.2, -0.15) is 0 Å². The zero-order chi connectivity index (χ0) is 17.1. The molecule has 4 heteroatoms. The lowest BCUT2D eigenvalue weighted by atomic mass is 9.98. The highest BCUT2D eigenvalue weighted by atomic mass is 16.5. The summed E-state index contributed by atoms with van der Waals surface area (Å²) in [6, 6.07) is 10.5. The molecule has 0 spiro atoms. The van der Waals surface area contributed by atoms with Crippen LogP contribution in [0, 0.1) is 5.92 Å². The van der Waals surface area contributed by atoms with Crippen molar-refractivity contribution in [2.45, 2.75) is 19.8 Å². The zero-order valence-corrected chi connectivity index (χ0v) is 15.0. The van der Waals surface area contributed by atoms with E-state index in [4.69, 9.17) is 4.74 Å². The molecule has 3 heterocycles. The van der Waals surface area contributed by atoms with Gasteiger partial charge >= 0.3 is 0 Å². The summed E-state index contributed by atoms with van der Waals surface area (Å²) < 4.78 is 5.81. The SMILES string of the molecule is CCOc1ccccc1-c1cncc(N2CCN3CCCC(C3)C2)c1. The zero-order valence-electron chi connectivity index (χ0n) is 15.0. The number of ether oxygens (including phenoxy) is 1. The predicted octanol–water partition coefficient (Wildman–Crippen LogP) is 3.68. The summed E-state index contributed by atoms with van der Waals surface area (Å²) in [5.41, 5.74) is 3.49. The van der Waals surface area contributed by atoms with E-state index in [1.807, 2.05) is 31.5 Å². The van der Waals surface area contributed by atoms with Gasteiger partial charge in [-0.15, -0.1) is 0 Å². The molecule has 0 N–H and O–H groups in total. The molecule has 1 aromatic carbocycles. The van der Waals surface area contributed by atoms with Crippen molar-refractivity contribution in [2.75, 3.05) is 44.2 Å². The third-order valence-electron chi connectivity index (χ3n) is 5.35. The normalized spacial score (nSPS) is 23.2. The van der Waals surface area contributed by atoms with E-state index < -0.39 is 0 Å². The molecule has 2 fully saturated rings. The number of para-hydroxylation sites is 1. The van der Waals surface area contributed by atoms with Crippen LogP contribution in [-0.4, -0.2) is 49.2 Å². The lowest BCUT2D eigenvalue weighted by Gasteiger charge is -2.29. The molecule has 2 aliphatic rings. The molecule has 4 nitrogen and oxygen atoms in total. The number of anilines is 1. The summed E-state index contributed by atoms with van der Waals surface area (Å²) in [5, 5.41) is 0. The van der Waals surface area contributed by atoms with E-state index in [-0.39, 0.29) is 0 Å². The first-order valence-electron chi connectivity index (χ1n) is 9.48. The first kappa shape index (κ1) is 16.4. The Bertz CT molecular complexity index is 718. The molecule has 2 atom stereocenters. The first-order valence-corrected chi connectivity index (χ1v) is 9.48. The fourth-order valence-corrected chi connectivity index (χ4v) is 4.14. The monoisotopic (exact) mass is 337 g/mol. The molecule has 2 aromatic rings. The van der Waals surface area contributed by atoms with Crippen LogP contribution in [0.25, 0.3) is 11.1 Å². The molecule has 0 saturated carbocycles. The van der Waals surface area contributed by atoms with Crippen molar-refractivity contribution in [3.8, 4) is 16.9 Å². The minimum atomic E-state index is 0.674. The molecule has 4 rings (SSSR count). The summed E-state index contributed by atoms with van der Waals surface area (Å²) in [6.07, 6.45) is 6.66. The average molecular weight is 337 g/mol. The second-order valence-corrected chi connectivity index (χ2v) is 7.12. The fraction of sp³-hybridized carbons (Fsp3) is 0.476. The number of piperidine rings is 1. The molecule has 1 aromatic heterocycles. The number of benzene rings is 1. The van der Waals surface area contributed by atoms with Gasteiger partial charge in [0.2, 0.25) is 0 Å². The van der Waals surface area contributed by atoms with Gasteiger partial charge in [0.1, 0.15) is 5.75 Å². The molecule has 2 aliphatic heterocycles. The Labute approximate surface area is 150 Å². The van der Waals surface area contributed by atoms with Crippen LogP contribution in [0.1, 0.15) is 19.8 Å². The van der Waals surface area contributed by atoms with E-state index in [0.717, 1.165) is 42.4 Å². The second-order valence-electron chi connectivity index (χ2n) is 7.12. The van der Waals surface area contributed by atoms with Crippen LogP contribution in [0.5, 0.6) is 5.75 Å². The Kier molecular flexibility index (Phi) is 4.88. The molecule has 0 aliphatic carbocycles. The van der Waals surface area contributed by atoms with E-state index in [0.29, 0.717) is 6.61 Å². The van der Waals surface area contributed by atoms with Crippen LogP contribution < -0.4 is 9.64 Å². The van der Waals surface area contributed by atoms with E-state index in [9.17, 15) is 0 Å². The average Bonchev–Trinajstić information content (AvgIpc) is 2.80. The van der Waals surface area contributed by atoms with Crippen LogP contribution in [0.15, 0.2) is 42.7 Å². The smallest absolute Gasteiger partial charge is 0.127 e. The maximum Gasteiger partial charge on any atom is 0.127 e. The summed E-state index contributed by atoms with van der Waals surface area (Å²) >= 11 is 0. The minimum absolute atomic E-state index is 0.674. The Hall–Kier alpha value is -2.07. The van der Waals surface area contributed by atoms with Gasteiger partial charge in [-0.05, 0) is 44.4 Å². The number of pyridine rings is 1. The van der Waals surface area contributed by atoms with Crippen LogP contribution in [0.4, 0.5) is 5.69 Å². The van der Waals surface area contributed by atoms with Crippen molar-refractivity contribution in [3.05, 3.63) is 42.7 Å². The highest BCUT2D eigenvalue weighted by Gasteiger charge is 2.26. The largest absolute Gasteiger partial charge is 0.493 e. The topological polar surface area (TPSA) is 28.6 Å². The number of aromatic nitrogens is 1. The van der Waals surface area contributed by atoms with Crippen molar-refractivity contribution < 1.29 is 4.74 Å². The highest BCUT2D eigenvalue weighted by molar-refractivity contribution is 5.72. The summed E-state index contributed by atoms with van der Waals surface area (Å²) in [5.74, 6) is 1.72. The first-order chi connectivity index (χ1) is 12.3. The van der Waals surface area contributed by atoms with Gasteiger partial charge in [-0.25, -0.2) is 0 Å². The van der Waals surface area contributed by atoms with E-state index >= 15 is 0 Å². The third kappa shape index (κ3) is 3.64. The number of hydrogen-bond acceptors (Lipinski definition) is 4. The minimum Gasteiger partial charge on any atom is -0.493 e. The Balaban J connectivity index is 1.61. The van der Waals surface area contributed by atoms with Gasteiger partial charge in [0.25, 0.3) is 0 Å². The lowest BCUT2D eigenvalue weighted by molar-refractivity contribution is 0.201. The van der Waals surface area contributed by atoms with Crippen LogP contribution in [0.3, 0.4) is 0 Å². The molecular weight excluding hydrogens is 310 g/mol. The van der Waals surface area contributed by atoms with Crippen LogP contribution >= 0.6 is 0 Å². The van der Waals surface area contributed by atoms with Gasteiger partial charge < -0.3 is 14.5 Å². The third-order valence-corrected chi connectivity index (χ3v) is 5.35. The van der Waals surface area contributed by atoms with Gasteiger partial charge in [-0.1, -0.05) is 18.2 Å². The maximum atomic E-state index is 5.81. The molecule has 2 bridgehead atoms. The van der Waals surface area contributed by atoms with Crippen molar-refractivity contribution in [3.63, 3.8) is 0 Å². The van der Waals surface area contributed by atoms with E-state index in [2.05, 4.69) is 33.0 Å².